The fourth-order valence-electron chi connectivity index (χ4n) is 1.74. The number of hydrogen-bond donors (Lipinski definition) is 1. The van der Waals surface area contributed by atoms with Crippen molar-refractivity contribution in [1.82, 2.24) is 5.32 Å². The lowest BCUT2D eigenvalue weighted by molar-refractivity contribution is 0.189. The standard InChI is InChI=1S/C12H18FN/c1-9-6-5-7-11(10(9)2)12(3,13)8-14-4/h5-7,14H,8H2,1-4H3. The van der Waals surface area contributed by atoms with Crippen molar-refractivity contribution in [2.24, 2.45) is 0 Å². The zero-order chi connectivity index (χ0) is 10.8. The van der Waals surface area contributed by atoms with Crippen LogP contribution in [0.3, 0.4) is 0 Å². The summed E-state index contributed by atoms with van der Waals surface area (Å²) in [5, 5.41) is 2.88. The lowest BCUT2D eigenvalue weighted by atomic mass is 9.91. The van der Waals surface area contributed by atoms with E-state index < -0.39 is 5.67 Å². The van der Waals surface area contributed by atoms with Gasteiger partial charge in [-0.2, -0.15) is 0 Å². The molecule has 0 radical (unpaired) electrons. The van der Waals surface area contributed by atoms with Gasteiger partial charge in [0.05, 0.1) is 0 Å². The van der Waals surface area contributed by atoms with E-state index in [2.05, 4.69) is 5.32 Å². The summed E-state index contributed by atoms with van der Waals surface area (Å²) in [6.45, 7) is 5.94. The summed E-state index contributed by atoms with van der Waals surface area (Å²) in [5.74, 6) is 0. The van der Waals surface area contributed by atoms with Gasteiger partial charge in [0.15, 0.2) is 0 Å². The van der Waals surface area contributed by atoms with Gasteiger partial charge in [0.1, 0.15) is 5.67 Å². The van der Waals surface area contributed by atoms with E-state index in [0.29, 0.717) is 6.54 Å². The van der Waals surface area contributed by atoms with Crippen molar-refractivity contribution in [3.8, 4) is 0 Å². The molecule has 1 rings (SSSR count). The van der Waals surface area contributed by atoms with E-state index in [0.717, 1.165) is 16.7 Å². The second-order valence-electron chi connectivity index (χ2n) is 3.98. The Morgan fingerprint density at radius 1 is 1.36 bits per heavy atom. The SMILES string of the molecule is CNCC(C)(F)c1cccc(C)c1C. The third-order valence-electron chi connectivity index (χ3n) is 2.67. The van der Waals surface area contributed by atoms with Crippen LogP contribution in [0.15, 0.2) is 18.2 Å². The van der Waals surface area contributed by atoms with Crippen molar-refractivity contribution in [1.29, 1.82) is 0 Å². The summed E-state index contributed by atoms with van der Waals surface area (Å²) < 4.78 is 14.2. The molecule has 0 bridgehead atoms. The van der Waals surface area contributed by atoms with Gasteiger partial charge < -0.3 is 5.32 Å². The number of aryl methyl sites for hydroxylation is 1. The third-order valence-corrected chi connectivity index (χ3v) is 2.67. The van der Waals surface area contributed by atoms with Crippen LogP contribution in [0.2, 0.25) is 0 Å². The topological polar surface area (TPSA) is 12.0 Å². The zero-order valence-electron chi connectivity index (χ0n) is 9.32. The number of halogens is 1. The predicted molar refractivity (Wildman–Crippen MR) is 58.3 cm³/mol. The van der Waals surface area contributed by atoms with Gasteiger partial charge >= 0.3 is 0 Å². The maximum atomic E-state index is 14.2. The van der Waals surface area contributed by atoms with Crippen molar-refractivity contribution in [3.63, 3.8) is 0 Å². The van der Waals surface area contributed by atoms with Crippen molar-refractivity contribution in [2.45, 2.75) is 26.4 Å². The normalized spacial score (nSPS) is 15.2. The summed E-state index contributed by atoms with van der Waals surface area (Å²) in [4.78, 5) is 0. The Morgan fingerprint density at radius 2 is 2.00 bits per heavy atom. The molecule has 1 aromatic rings. The average molecular weight is 195 g/mol. The molecule has 0 fully saturated rings. The van der Waals surface area contributed by atoms with Gasteiger partial charge in [0.2, 0.25) is 0 Å². The first kappa shape index (κ1) is 11.2. The summed E-state index contributed by atoms with van der Waals surface area (Å²) in [6.07, 6.45) is 0. The van der Waals surface area contributed by atoms with Crippen LogP contribution < -0.4 is 5.32 Å². The molecule has 0 aromatic heterocycles. The molecule has 1 N–H and O–H groups in total. The highest BCUT2D eigenvalue weighted by atomic mass is 19.1. The lowest BCUT2D eigenvalue weighted by Gasteiger charge is -2.23. The van der Waals surface area contributed by atoms with E-state index in [1.54, 1.807) is 14.0 Å². The summed E-state index contributed by atoms with van der Waals surface area (Å²) in [7, 11) is 1.77. The van der Waals surface area contributed by atoms with Crippen LogP contribution in [0.4, 0.5) is 4.39 Å². The van der Waals surface area contributed by atoms with E-state index in [9.17, 15) is 4.39 Å². The molecule has 1 aromatic carbocycles. The Balaban J connectivity index is 3.12. The molecule has 1 nitrogen and oxygen atoms in total. The van der Waals surface area contributed by atoms with Gasteiger partial charge in [-0.15, -0.1) is 0 Å². The molecule has 0 spiro atoms. The fourth-order valence-corrected chi connectivity index (χ4v) is 1.74. The molecule has 0 heterocycles. The molecule has 14 heavy (non-hydrogen) atoms. The maximum Gasteiger partial charge on any atom is 0.145 e. The van der Waals surface area contributed by atoms with Crippen LogP contribution >= 0.6 is 0 Å². The highest BCUT2D eigenvalue weighted by molar-refractivity contribution is 5.37. The van der Waals surface area contributed by atoms with Crippen molar-refractivity contribution < 1.29 is 4.39 Å². The van der Waals surface area contributed by atoms with Crippen LogP contribution in [-0.2, 0) is 5.67 Å². The Kier molecular flexibility index (Phi) is 3.27. The van der Waals surface area contributed by atoms with Crippen LogP contribution in [0.25, 0.3) is 0 Å². The first-order valence-corrected chi connectivity index (χ1v) is 4.89. The Bertz CT molecular complexity index is 318. The highest BCUT2D eigenvalue weighted by Gasteiger charge is 2.26. The molecule has 1 unspecified atom stereocenters. The molecule has 2 heteroatoms. The number of benzene rings is 1. The molecular formula is C12H18FN. The van der Waals surface area contributed by atoms with Crippen LogP contribution in [0.1, 0.15) is 23.6 Å². The summed E-state index contributed by atoms with van der Waals surface area (Å²) in [6, 6.07) is 5.78. The minimum absolute atomic E-state index is 0.345. The van der Waals surface area contributed by atoms with Crippen LogP contribution in [0.5, 0.6) is 0 Å². The van der Waals surface area contributed by atoms with Gasteiger partial charge in [-0.3, -0.25) is 0 Å². The highest BCUT2D eigenvalue weighted by Crippen LogP contribution is 2.28. The molecule has 1 atom stereocenters. The smallest absolute Gasteiger partial charge is 0.145 e. The minimum atomic E-state index is -1.29. The maximum absolute atomic E-state index is 14.2. The first-order chi connectivity index (χ1) is 6.49. The number of rotatable bonds is 3. The molecule has 0 aliphatic heterocycles. The Labute approximate surface area is 85.3 Å². The van der Waals surface area contributed by atoms with Gasteiger partial charge in [0.25, 0.3) is 0 Å². The molecular weight excluding hydrogens is 177 g/mol. The van der Waals surface area contributed by atoms with E-state index in [1.165, 1.54) is 0 Å². The molecule has 0 aliphatic rings. The monoisotopic (exact) mass is 195 g/mol. The number of alkyl halides is 1. The summed E-state index contributed by atoms with van der Waals surface area (Å²) in [5.41, 5.74) is 1.69. The van der Waals surface area contributed by atoms with Crippen molar-refractivity contribution >= 4 is 0 Å². The van der Waals surface area contributed by atoms with E-state index in [4.69, 9.17) is 0 Å². The Hall–Kier alpha value is -0.890. The molecule has 0 amide bonds. The Morgan fingerprint density at radius 3 is 2.57 bits per heavy atom. The van der Waals surface area contributed by atoms with Crippen molar-refractivity contribution in [3.05, 3.63) is 34.9 Å². The van der Waals surface area contributed by atoms with E-state index >= 15 is 0 Å². The van der Waals surface area contributed by atoms with Gasteiger partial charge in [-0.05, 0) is 44.5 Å². The molecule has 0 saturated carbocycles. The average Bonchev–Trinajstić information content (AvgIpc) is 2.09. The van der Waals surface area contributed by atoms with Crippen LogP contribution in [0, 0.1) is 13.8 Å². The van der Waals surface area contributed by atoms with E-state index in [-0.39, 0.29) is 0 Å². The zero-order valence-corrected chi connectivity index (χ0v) is 9.32. The predicted octanol–water partition coefficient (Wildman–Crippen LogP) is 2.71. The third kappa shape index (κ3) is 2.13. The lowest BCUT2D eigenvalue weighted by Crippen LogP contribution is -2.30. The van der Waals surface area contributed by atoms with E-state index in [1.807, 2.05) is 32.0 Å². The second kappa shape index (κ2) is 4.09. The number of likely N-dealkylation sites (N-methyl/N-ethyl adjacent to an activating group) is 1. The van der Waals surface area contributed by atoms with Gasteiger partial charge in [0, 0.05) is 6.54 Å². The summed E-state index contributed by atoms with van der Waals surface area (Å²) >= 11 is 0. The van der Waals surface area contributed by atoms with Crippen LogP contribution in [-0.4, -0.2) is 13.6 Å². The van der Waals surface area contributed by atoms with Gasteiger partial charge in [-0.25, -0.2) is 4.39 Å². The minimum Gasteiger partial charge on any atom is -0.316 e. The first-order valence-electron chi connectivity index (χ1n) is 4.89. The molecule has 78 valence electrons. The number of hydrogen-bond acceptors (Lipinski definition) is 1. The quantitative estimate of drug-likeness (QED) is 0.782. The fraction of sp³-hybridized carbons (Fsp3) is 0.500. The number of nitrogens with one attached hydrogen (secondary N) is 1. The van der Waals surface area contributed by atoms with Crippen molar-refractivity contribution in [2.75, 3.05) is 13.6 Å². The largest absolute Gasteiger partial charge is 0.316 e. The molecule has 0 aliphatic carbocycles. The second-order valence-corrected chi connectivity index (χ2v) is 3.98. The molecule has 0 saturated heterocycles. The van der Waals surface area contributed by atoms with Gasteiger partial charge in [-0.1, -0.05) is 18.2 Å².